The van der Waals surface area contributed by atoms with Gasteiger partial charge in [-0.25, -0.2) is 0 Å². The van der Waals surface area contributed by atoms with Gasteiger partial charge in [0.15, 0.2) is 0 Å². The van der Waals surface area contributed by atoms with Gasteiger partial charge in [-0.1, -0.05) is 18.5 Å². The number of rotatable bonds is 7. The third-order valence-corrected chi connectivity index (χ3v) is 4.12. The van der Waals surface area contributed by atoms with Crippen molar-refractivity contribution in [3.8, 4) is 0 Å². The zero-order chi connectivity index (χ0) is 13.7. The Morgan fingerprint density at radius 1 is 1.47 bits per heavy atom. The molecule has 19 heavy (non-hydrogen) atoms. The highest BCUT2D eigenvalue weighted by Crippen LogP contribution is 2.30. The minimum Gasteiger partial charge on any atom is -0.324 e. The smallest absolute Gasteiger partial charge is 0.238 e. The second-order valence-corrected chi connectivity index (χ2v) is 6.44. The molecular formula is C14H19ClN2OS. The Bertz CT molecular complexity index is 449. The average Bonchev–Trinajstić information content (AvgIpc) is 3.17. The van der Waals surface area contributed by atoms with Crippen LogP contribution in [0.4, 0.5) is 5.69 Å². The highest BCUT2D eigenvalue weighted by Gasteiger charge is 2.20. The predicted molar refractivity (Wildman–Crippen MR) is 82.1 cm³/mol. The van der Waals surface area contributed by atoms with E-state index in [4.69, 9.17) is 11.6 Å². The monoisotopic (exact) mass is 298 g/mol. The summed E-state index contributed by atoms with van der Waals surface area (Å²) in [5.74, 6) is 1.73. The second-order valence-electron chi connectivity index (χ2n) is 4.70. The molecule has 3 nitrogen and oxygen atoms in total. The van der Waals surface area contributed by atoms with Gasteiger partial charge in [-0.15, -0.1) is 11.8 Å². The Kier molecular flexibility index (Phi) is 5.55. The molecule has 0 radical (unpaired) electrons. The maximum Gasteiger partial charge on any atom is 0.238 e. The van der Waals surface area contributed by atoms with Crippen LogP contribution in [0.15, 0.2) is 23.1 Å². The van der Waals surface area contributed by atoms with Gasteiger partial charge in [0.1, 0.15) is 0 Å². The normalized spacial score (nSPS) is 14.4. The zero-order valence-electron chi connectivity index (χ0n) is 11.0. The van der Waals surface area contributed by atoms with E-state index in [1.54, 1.807) is 17.8 Å². The zero-order valence-corrected chi connectivity index (χ0v) is 12.6. The van der Waals surface area contributed by atoms with Gasteiger partial charge in [-0.2, -0.15) is 0 Å². The largest absolute Gasteiger partial charge is 0.324 e. The van der Waals surface area contributed by atoms with Crippen molar-refractivity contribution in [1.82, 2.24) is 5.32 Å². The highest BCUT2D eigenvalue weighted by molar-refractivity contribution is 7.99. The quantitative estimate of drug-likeness (QED) is 0.758. The van der Waals surface area contributed by atoms with Crippen molar-refractivity contribution in [2.45, 2.75) is 24.7 Å². The summed E-state index contributed by atoms with van der Waals surface area (Å²) in [6.07, 6.45) is 2.58. The fourth-order valence-corrected chi connectivity index (χ4v) is 2.70. The summed E-state index contributed by atoms with van der Waals surface area (Å²) in [4.78, 5) is 12.9. The number of carbonyl (C=O) groups excluding carboxylic acids is 1. The molecule has 1 aliphatic rings. The van der Waals surface area contributed by atoms with E-state index in [0.717, 1.165) is 28.8 Å². The molecule has 5 heteroatoms. The molecule has 2 N–H and O–H groups in total. The maximum absolute atomic E-state index is 11.9. The summed E-state index contributed by atoms with van der Waals surface area (Å²) < 4.78 is 0. The van der Waals surface area contributed by atoms with Crippen molar-refractivity contribution < 1.29 is 4.79 Å². The summed E-state index contributed by atoms with van der Waals surface area (Å²) in [6.45, 7) is 3.39. The lowest BCUT2D eigenvalue weighted by molar-refractivity contribution is -0.115. The van der Waals surface area contributed by atoms with Crippen molar-refractivity contribution in [2.24, 2.45) is 5.92 Å². The van der Waals surface area contributed by atoms with Crippen molar-refractivity contribution in [1.29, 1.82) is 0 Å². The summed E-state index contributed by atoms with van der Waals surface area (Å²) >= 11 is 7.68. The molecule has 1 amide bonds. The molecule has 0 atom stereocenters. The van der Waals surface area contributed by atoms with E-state index >= 15 is 0 Å². The number of hydrogen-bond acceptors (Lipinski definition) is 3. The molecule has 0 aliphatic heterocycles. The van der Waals surface area contributed by atoms with Crippen LogP contribution in [0.5, 0.6) is 0 Å². The number of benzene rings is 1. The topological polar surface area (TPSA) is 41.1 Å². The summed E-state index contributed by atoms with van der Waals surface area (Å²) in [6, 6.07) is 5.60. The van der Waals surface area contributed by atoms with E-state index in [9.17, 15) is 4.79 Å². The Morgan fingerprint density at radius 3 is 2.95 bits per heavy atom. The molecule has 0 aromatic heterocycles. The number of nitrogens with one attached hydrogen (secondary N) is 2. The van der Waals surface area contributed by atoms with Gasteiger partial charge in [0, 0.05) is 9.92 Å². The molecule has 0 saturated heterocycles. The number of hydrogen-bond donors (Lipinski definition) is 2. The standard InChI is InChI=1S/C14H19ClN2OS/c1-2-19-13-6-5-11(15)7-12(13)17-14(18)9-16-8-10-3-4-10/h5-7,10,16H,2-4,8-9H2,1H3,(H,17,18). The van der Waals surface area contributed by atoms with Crippen LogP contribution in [0.1, 0.15) is 19.8 Å². The molecule has 1 saturated carbocycles. The Morgan fingerprint density at radius 2 is 2.26 bits per heavy atom. The van der Waals surface area contributed by atoms with Crippen LogP contribution < -0.4 is 10.6 Å². The fourth-order valence-electron chi connectivity index (χ4n) is 1.79. The highest BCUT2D eigenvalue weighted by atomic mass is 35.5. The number of halogens is 1. The van der Waals surface area contributed by atoms with Crippen molar-refractivity contribution in [2.75, 3.05) is 24.2 Å². The van der Waals surface area contributed by atoms with Crippen LogP contribution in [-0.2, 0) is 4.79 Å². The van der Waals surface area contributed by atoms with Crippen LogP contribution >= 0.6 is 23.4 Å². The summed E-state index contributed by atoms with van der Waals surface area (Å²) in [7, 11) is 0. The molecule has 2 rings (SSSR count). The van der Waals surface area contributed by atoms with Crippen LogP contribution in [0.3, 0.4) is 0 Å². The maximum atomic E-state index is 11.9. The Labute approximate surface area is 123 Å². The minimum atomic E-state index is -0.0131. The first-order valence-electron chi connectivity index (χ1n) is 6.62. The van der Waals surface area contributed by atoms with Crippen LogP contribution in [0, 0.1) is 5.92 Å². The second kappa shape index (κ2) is 7.17. The lowest BCUT2D eigenvalue weighted by Gasteiger charge is -2.11. The lowest BCUT2D eigenvalue weighted by Crippen LogP contribution is -2.29. The van der Waals surface area contributed by atoms with E-state index in [0.29, 0.717) is 11.6 Å². The van der Waals surface area contributed by atoms with E-state index in [1.165, 1.54) is 12.8 Å². The number of anilines is 1. The number of carbonyl (C=O) groups is 1. The summed E-state index contributed by atoms with van der Waals surface area (Å²) in [5.41, 5.74) is 0.803. The molecule has 1 aromatic rings. The fraction of sp³-hybridized carbons (Fsp3) is 0.500. The van der Waals surface area contributed by atoms with Gasteiger partial charge in [0.05, 0.1) is 12.2 Å². The first-order valence-corrected chi connectivity index (χ1v) is 7.98. The van der Waals surface area contributed by atoms with Crippen LogP contribution in [-0.4, -0.2) is 24.7 Å². The molecule has 0 unspecified atom stereocenters. The molecule has 0 bridgehead atoms. The third kappa shape index (κ3) is 5.05. The number of amides is 1. The van der Waals surface area contributed by atoms with Gasteiger partial charge < -0.3 is 10.6 Å². The van der Waals surface area contributed by atoms with Gasteiger partial charge >= 0.3 is 0 Å². The van der Waals surface area contributed by atoms with E-state index in [-0.39, 0.29) is 5.91 Å². The molecule has 1 aromatic carbocycles. The first-order chi connectivity index (χ1) is 9.19. The molecule has 0 spiro atoms. The van der Waals surface area contributed by atoms with Gasteiger partial charge in [0.2, 0.25) is 5.91 Å². The lowest BCUT2D eigenvalue weighted by atomic mass is 10.3. The van der Waals surface area contributed by atoms with Crippen LogP contribution in [0.2, 0.25) is 5.02 Å². The van der Waals surface area contributed by atoms with E-state index in [2.05, 4.69) is 17.6 Å². The average molecular weight is 299 g/mol. The van der Waals surface area contributed by atoms with Gasteiger partial charge in [-0.3, -0.25) is 4.79 Å². The SMILES string of the molecule is CCSc1ccc(Cl)cc1NC(=O)CNCC1CC1. The molecular weight excluding hydrogens is 280 g/mol. The third-order valence-electron chi connectivity index (χ3n) is 2.93. The van der Waals surface area contributed by atoms with Gasteiger partial charge in [-0.05, 0) is 49.3 Å². The Balaban J connectivity index is 1.88. The first kappa shape index (κ1) is 14.7. The molecule has 104 valence electrons. The van der Waals surface area contributed by atoms with Crippen LogP contribution in [0.25, 0.3) is 0 Å². The van der Waals surface area contributed by atoms with E-state index < -0.39 is 0 Å². The molecule has 1 fully saturated rings. The number of thioether (sulfide) groups is 1. The van der Waals surface area contributed by atoms with Crippen molar-refractivity contribution in [3.05, 3.63) is 23.2 Å². The van der Waals surface area contributed by atoms with E-state index in [1.807, 2.05) is 12.1 Å². The predicted octanol–water partition coefficient (Wildman–Crippen LogP) is 3.39. The van der Waals surface area contributed by atoms with Crippen molar-refractivity contribution >= 4 is 35.0 Å². The minimum absolute atomic E-state index is 0.0131. The molecule has 0 heterocycles. The van der Waals surface area contributed by atoms with Gasteiger partial charge in [0.25, 0.3) is 0 Å². The van der Waals surface area contributed by atoms with Crippen molar-refractivity contribution in [3.63, 3.8) is 0 Å². The summed E-state index contributed by atoms with van der Waals surface area (Å²) in [5, 5.41) is 6.75. The molecule has 1 aliphatic carbocycles. The Hall–Kier alpha value is -0.710.